The van der Waals surface area contributed by atoms with Crippen LogP contribution in [0.25, 0.3) is 10.2 Å². The van der Waals surface area contributed by atoms with Gasteiger partial charge in [-0.15, -0.1) is 11.3 Å². The normalized spacial score (nSPS) is 12.7. The zero-order valence-electron chi connectivity index (χ0n) is 23.8. The summed E-state index contributed by atoms with van der Waals surface area (Å²) >= 11 is 4.32. The molecule has 0 fully saturated rings. The molecule has 1 N–H and O–H groups in total. The Labute approximate surface area is 262 Å². The Kier molecular flexibility index (Phi) is 9.03. The van der Waals surface area contributed by atoms with Crippen molar-refractivity contribution in [2.45, 2.75) is 37.6 Å². The summed E-state index contributed by atoms with van der Waals surface area (Å²) in [6, 6.07) is 21.9. The first kappa shape index (κ1) is 29.3. The molecule has 220 valence electrons. The summed E-state index contributed by atoms with van der Waals surface area (Å²) in [6.45, 7) is 3.85. The van der Waals surface area contributed by atoms with Crippen molar-refractivity contribution in [2.75, 3.05) is 30.5 Å². The van der Waals surface area contributed by atoms with E-state index in [1.165, 1.54) is 47.4 Å². The van der Waals surface area contributed by atoms with E-state index in [-0.39, 0.29) is 5.91 Å². The lowest BCUT2D eigenvalue weighted by Gasteiger charge is -2.29. The van der Waals surface area contributed by atoms with Crippen molar-refractivity contribution in [3.8, 4) is 0 Å². The van der Waals surface area contributed by atoms with Crippen molar-refractivity contribution >= 4 is 67.1 Å². The number of aromatic nitrogens is 2. The molecule has 0 bridgehead atoms. The van der Waals surface area contributed by atoms with Gasteiger partial charge in [0.15, 0.2) is 16.0 Å². The Morgan fingerprint density at radius 3 is 2.67 bits per heavy atom. The van der Waals surface area contributed by atoms with E-state index in [1.54, 1.807) is 0 Å². The van der Waals surface area contributed by atoms with Crippen LogP contribution in [-0.4, -0.2) is 42.1 Å². The fourth-order valence-electron chi connectivity index (χ4n) is 4.94. The van der Waals surface area contributed by atoms with Crippen LogP contribution in [0, 0.1) is 6.92 Å². The number of carbonyl (C=O) groups excluding carboxylic acids is 2. The van der Waals surface area contributed by atoms with Crippen LogP contribution in [0.4, 0.5) is 10.3 Å². The highest BCUT2D eigenvalue weighted by Crippen LogP contribution is 2.34. The van der Waals surface area contributed by atoms with E-state index in [1.807, 2.05) is 48.5 Å². The van der Waals surface area contributed by atoms with Gasteiger partial charge in [-0.2, -0.15) is 0 Å². The maximum atomic E-state index is 13.4. The molecule has 0 saturated carbocycles. The van der Waals surface area contributed by atoms with Gasteiger partial charge < -0.3 is 13.8 Å². The van der Waals surface area contributed by atoms with Gasteiger partial charge in [0.2, 0.25) is 0 Å². The smallest absolute Gasteiger partial charge is 0.357 e. The fraction of sp³-hybridized carbons (Fsp3) is 0.250. The maximum Gasteiger partial charge on any atom is 0.357 e. The Morgan fingerprint density at radius 2 is 1.86 bits per heavy atom. The van der Waals surface area contributed by atoms with Crippen molar-refractivity contribution in [3.05, 3.63) is 99.6 Å². The predicted molar refractivity (Wildman–Crippen MR) is 174 cm³/mol. The molecule has 1 aliphatic heterocycles. The van der Waals surface area contributed by atoms with E-state index >= 15 is 0 Å². The van der Waals surface area contributed by atoms with E-state index in [2.05, 4.69) is 40.3 Å². The Balaban J connectivity index is 1.14. The summed E-state index contributed by atoms with van der Waals surface area (Å²) in [7, 11) is 1.37. The van der Waals surface area contributed by atoms with Gasteiger partial charge in [-0.3, -0.25) is 10.1 Å². The number of hydrogen-bond donors (Lipinski definition) is 1. The van der Waals surface area contributed by atoms with E-state index in [4.69, 9.17) is 13.9 Å². The molecule has 0 aliphatic carbocycles. The van der Waals surface area contributed by atoms with Gasteiger partial charge >= 0.3 is 5.97 Å². The molecule has 5 aromatic rings. The third-order valence-corrected chi connectivity index (χ3v) is 10.1. The number of benzene rings is 3. The molecular weight excluding hydrogens is 601 g/mol. The van der Waals surface area contributed by atoms with Crippen molar-refractivity contribution < 1.29 is 18.5 Å². The van der Waals surface area contributed by atoms with E-state index in [0.29, 0.717) is 36.0 Å². The minimum Gasteiger partial charge on any atom is -0.464 e. The zero-order chi connectivity index (χ0) is 29.8. The maximum absolute atomic E-state index is 13.4. The minimum atomic E-state index is -0.444. The molecule has 0 saturated heterocycles. The van der Waals surface area contributed by atoms with E-state index in [9.17, 15) is 9.59 Å². The summed E-state index contributed by atoms with van der Waals surface area (Å²) in [6.07, 6.45) is 2.16. The van der Waals surface area contributed by atoms with Crippen LogP contribution >= 0.6 is 34.7 Å². The summed E-state index contributed by atoms with van der Waals surface area (Å²) in [5, 5.41) is 4.32. The van der Waals surface area contributed by atoms with Gasteiger partial charge in [0.05, 0.1) is 23.9 Å². The van der Waals surface area contributed by atoms with E-state index < -0.39 is 5.97 Å². The standard InChI is InChI=1S/C32H30N4O4S3/c1-20-12-14-22(15-13-20)43-40-18-6-11-27-28(30(38)39-2)34-32(42-27)36-17-16-21-7-5-8-23(24(21)19-36)29(37)35-31-33-25-9-3-4-10-26(25)41-31/h3-5,7-10,12-15H,6,11,16-19H2,1-2H3,(H,33,35,37). The van der Waals surface area contributed by atoms with Crippen LogP contribution in [0.5, 0.6) is 0 Å². The van der Waals surface area contributed by atoms with Gasteiger partial charge in [0.1, 0.15) is 0 Å². The number of anilines is 2. The molecule has 0 radical (unpaired) electrons. The zero-order valence-corrected chi connectivity index (χ0v) is 26.2. The van der Waals surface area contributed by atoms with Crippen molar-refractivity contribution in [1.29, 1.82) is 0 Å². The second kappa shape index (κ2) is 13.3. The molecule has 6 rings (SSSR count). The highest BCUT2D eigenvalue weighted by atomic mass is 32.2. The van der Waals surface area contributed by atoms with E-state index in [0.717, 1.165) is 55.6 Å². The molecule has 8 nitrogen and oxygen atoms in total. The average molecular weight is 631 g/mol. The summed E-state index contributed by atoms with van der Waals surface area (Å²) in [5.41, 5.74) is 5.14. The second-order valence-corrected chi connectivity index (χ2v) is 13.1. The number of rotatable bonds is 10. The van der Waals surface area contributed by atoms with Gasteiger partial charge in [0, 0.05) is 40.5 Å². The SMILES string of the molecule is COC(=O)c1nc(N2CCc3cccc(C(=O)Nc4nc5ccccc5s4)c3C2)sc1CCCOSc1ccc(C)cc1. The first-order valence-electron chi connectivity index (χ1n) is 14.0. The summed E-state index contributed by atoms with van der Waals surface area (Å²) in [4.78, 5) is 39.4. The number of thiazole rings is 2. The Morgan fingerprint density at radius 1 is 1.02 bits per heavy atom. The Hall–Kier alpha value is -3.77. The number of methoxy groups -OCH3 is 1. The molecule has 1 aliphatic rings. The molecule has 11 heteroatoms. The number of ether oxygens (including phenoxy) is 1. The predicted octanol–water partition coefficient (Wildman–Crippen LogP) is 7.32. The van der Waals surface area contributed by atoms with Crippen LogP contribution < -0.4 is 10.2 Å². The topological polar surface area (TPSA) is 93.7 Å². The Bertz CT molecular complexity index is 1730. The van der Waals surface area contributed by atoms with Crippen LogP contribution in [-0.2, 0) is 28.3 Å². The van der Waals surface area contributed by atoms with Crippen molar-refractivity contribution in [1.82, 2.24) is 9.97 Å². The number of esters is 1. The van der Waals surface area contributed by atoms with Gasteiger partial charge in [-0.25, -0.2) is 14.8 Å². The first-order chi connectivity index (χ1) is 21.0. The largest absolute Gasteiger partial charge is 0.464 e. The molecular formula is C32H30N4O4S3. The third-order valence-electron chi connectivity index (χ3n) is 7.18. The van der Waals surface area contributed by atoms with Crippen LogP contribution in [0.1, 0.15) is 48.8 Å². The number of nitrogens with one attached hydrogen (secondary N) is 1. The quantitative estimate of drug-likeness (QED) is 0.0975. The minimum absolute atomic E-state index is 0.184. The van der Waals surface area contributed by atoms with Gasteiger partial charge in [-0.1, -0.05) is 53.3 Å². The molecule has 3 heterocycles. The molecule has 2 aromatic heterocycles. The molecule has 0 atom stereocenters. The molecule has 43 heavy (non-hydrogen) atoms. The lowest BCUT2D eigenvalue weighted by molar-refractivity contribution is 0.0593. The molecule has 3 aromatic carbocycles. The third kappa shape index (κ3) is 6.75. The van der Waals surface area contributed by atoms with Crippen LogP contribution in [0.2, 0.25) is 0 Å². The average Bonchev–Trinajstić information content (AvgIpc) is 3.64. The number of fused-ring (bicyclic) bond motifs is 2. The number of hydrogen-bond acceptors (Lipinski definition) is 10. The summed E-state index contributed by atoms with van der Waals surface area (Å²) < 4.78 is 11.9. The van der Waals surface area contributed by atoms with Crippen molar-refractivity contribution in [3.63, 3.8) is 0 Å². The van der Waals surface area contributed by atoms with Crippen LogP contribution in [0.15, 0.2) is 71.6 Å². The molecule has 1 amide bonds. The number of carbonyl (C=O) groups is 2. The molecule has 0 spiro atoms. The van der Waals surface area contributed by atoms with Gasteiger partial charge in [0.25, 0.3) is 5.91 Å². The number of para-hydroxylation sites is 1. The highest BCUT2D eigenvalue weighted by Gasteiger charge is 2.27. The number of nitrogens with zero attached hydrogens (tertiary/aromatic N) is 3. The fourth-order valence-corrected chi connectivity index (χ4v) is 7.50. The lowest BCUT2D eigenvalue weighted by Crippen LogP contribution is -2.32. The number of amides is 1. The van der Waals surface area contributed by atoms with Crippen LogP contribution in [0.3, 0.4) is 0 Å². The summed E-state index contributed by atoms with van der Waals surface area (Å²) in [5.74, 6) is -0.628. The number of aryl methyl sites for hydroxylation is 2. The first-order valence-corrected chi connectivity index (χ1v) is 16.3. The van der Waals surface area contributed by atoms with Gasteiger partial charge in [-0.05, 0) is 67.6 Å². The lowest BCUT2D eigenvalue weighted by atomic mass is 9.94. The second-order valence-electron chi connectivity index (χ2n) is 10.1. The highest BCUT2D eigenvalue weighted by molar-refractivity contribution is 7.94. The monoisotopic (exact) mass is 630 g/mol. The van der Waals surface area contributed by atoms with Crippen molar-refractivity contribution in [2.24, 2.45) is 0 Å². The molecule has 0 unspecified atom stereocenters.